The van der Waals surface area contributed by atoms with Gasteiger partial charge in [0.15, 0.2) is 5.65 Å². The Morgan fingerprint density at radius 1 is 0.886 bits per heavy atom. The van der Waals surface area contributed by atoms with Crippen LogP contribution in [0.4, 0.5) is 16.7 Å². The molecule has 0 spiro atoms. The van der Waals surface area contributed by atoms with Crippen LogP contribution in [0.2, 0.25) is 0 Å². The van der Waals surface area contributed by atoms with Crippen LogP contribution in [0.3, 0.4) is 0 Å². The van der Waals surface area contributed by atoms with Gasteiger partial charge < -0.3 is 24.0 Å². The summed E-state index contributed by atoms with van der Waals surface area (Å²) >= 11 is 0. The van der Waals surface area contributed by atoms with Gasteiger partial charge >= 0.3 is 6.09 Å². The second-order valence-corrected chi connectivity index (χ2v) is 12.6. The molecule has 0 aliphatic carbocycles. The van der Waals surface area contributed by atoms with E-state index < -0.39 is 5.60 Å². The first kappa shape index (κ1) is 29.5. The van der Waals surface area contributed by atoms with Gasteiger partial charge in [-0.05, 0) is 75.9 Å². The lowest BCUT2D eigenvalue weighted by atomic mass is 10.1. The van der Waals surface area contributed by atoms with Gasteiger partial charge in [-0.2, -0.15) is 19.6 Å². The average molecular weight is 600 g/mol. The van der Waals surface area contributed by atoms with Crippen molar-refractivity contribution in [3.05, 3.63) is 71.4 Å². The molecule has 2 aliphatic heterocycles. The summed E-state index contributed by atoms with van der Waals surface area (Å²) < 4.78 is 18.4. The number of carbonyl (C=O) groups is 1. The SMILES string of the molecule is COc1ccc(CN(Cc2ccc(OC)cc2)c2nc(N3CC4CCC(C3)N4C(=O)OC(C)(C)C)nc3c(C)cnn23)cc1. The third kappa shape index (κ3) is 6.09. The van der Waals surface area contributed by atoms with Crippen LogP contribution in [-0.4, -0.2) is 75.6 Å². The summed E-state index contributed by atoms with van der Waals surface area (Å²) in [6.07, 6.45) is 3.46. The van der Waals surface area contributed by atoms with E-state index in [0.29, 0.717) is 38.1 Å². The molecule has 2 aromatic carbocycles. The number of aromatic nitrogens is 4. The molecule has 2 bridgehead atoms. The number of ether oxygens (including phenoxy) is 3. The number of anilines is 2. The van der Waals surface area contributed by atoms with Crippen LogP contribution in [0.15, 0.2) is 54.7 Å². The molecule has 0 N–H and O–H groups in total. The maximum absolute atomic E-state index is 13.1. The Hall–Kier alpha value is -4.54. The first-order valence-corrected chi connectivity index (χ1v) is 15.1. The van der Waals surface area contributed by atoms with Crippen molar-refractivity contribution in [3.8, 4) is 11.5 Å². The molecule has 11 nitrogen and oxygen atoms in total. The highest BCUT2D eigenvalue weighted by atomic mass is 16.6. The van der Waals surface area contributed by atoms with Crippen LogP contribution in [0.1, 0.15) is 50.3 Å². The highest BCUT2D eigenvalue weighted by molar-refractivity contribution is 5.70. The van der Waals surface area contributed by atoms with E-state index in [-0.39, 0.29) is 18.2 Å². The lowest BCUT2D eigenvalue weighted by Crippen LogP contribution is -2.57. The van der Waals surface area contributed by atoms with Crippen molar-refractivity contribution >= 4 is 23.6 Å². The summed E-state index contributed by atoms with van der Waals surface area (Å²) in [6, 6.07) is 16.3. The lowest BCUT2D eigenvalue weighted by Gasteiger charge is -2.41. The van der Waals surface area contributed by atoms with Crippen LogP contribution in [-0.2, 0) is 17.8 Å². The number of rotatable bonds is 8. The first-order chi connectivity index (χ1) is 21.1. The number of amides is 1. The molecule has 6 rings (SSSR count). The Labute approximate surface area is 258 Å². The van der Waals surface area contributed by atoms with E-state index in [9.17, 15) is 4.79 Å². The molecule has 4 heterocycles. The van der Waals surface area contributed by atoms with Gasteiger partial charge in [0, 0.05) is 31.7 Å². The molecule has 0 radical (unpaired) electrons. The number of nitrogens with zero attached hydrogens (tertiary/aromatic N) is 7. The van der Waals surface area contributed by atoms with Crippen LogP contribution in [0, 0.1) is 6.92 Å². The van der Waals surface area contributed by atoms with E-state index in [2.05, 4.69) is 34.1 Å². The van der Waals surface area contributed by atoms with Crippen molar-refractivity contribution in [2.45, 2.75) is 71.3 Å². The number of piperazine rings is 1. The van der Waals surface area contributed by atoms with Crippen molar-refractivity contribution in [1.82, 2.24) is 24.5 Å². The van der Waals surface area contributed by atoms with Gasteiger partial charge in [0.1, 0.15) is 17.1 Å². The highest BCUT2D eigenvalue weighted by Gasteiger charge is 2.45. The summed E-state index contributed by atoms with van der Waals surface area (Å²) in [5, 5.41) is 4.70. The predicted molar refractivity (Wildman–Crippen MR) is 168 cm³/mol. The number of benzene rings is 2. The molecule has 44 heavy (non-hydrogen) atoms. The van der Waals surface area contributed by atoms with Crippen molar-refractivity contribution in [2.24, 2.45) is 0 Å². The summed E-state index contributed by atoms with van der Waals surface area (Å²) in [5.74, 6) is 2.97. The smallest absolute Gasteiger partial charge is 0.410 e. The fourth-order valence-corrected chi connectivity index (χ4v) is 6.09. The number of fused-ring (bicyclic) bond motifs is 3. The van der Waals surface area contributed by atoms with Crippen LogP contribution < -0.4 is 19.3 Å². The standard InChI is InChI=1S/C33H41N7O4/c1-22-17-34-40-29(22)35-30(37-20-25-11-12-26(21-37)39(25)32(41)44-33(2,3)4)36-31(40)38(18-23-7-13-27(42-5)14-8-23)19-24-9-15-28(43-6)16-10-24/h7-10,13-17,25-26H,11-12,18-21H2,1-6H3. The van der Waals surface area contributed by atoms with Crippen LogP contribution in [0.5, 0.6) is 11.5 Å². The summed E-state index contributed by atoms with van der Waals surface area (Å²) in [6.45, 7) is 10.2. The summed E-state index contributed by atoms with van der Waals surface area (Å²) in [7, 11) is 3.34. The molecular weight excluding hydrogens is 558 g/mol. The molecule has 2 unspecified atom stereocenters. The maximum Gasteiger partial charge on any atom is 0.410 e. The molecule has 1 amide bonds. The molecule has 232 valence electrons. The van der Waals surface area contributed by atoms with Crippen LogP contribution >= 0.6 is 0 Å². The van der Waals surface area contributed by atoms with Crippen molar-refractivity contribution < 1.29 is 19.0 Å². The maximum atomic E-state index is 13.1. The zero-order valence-electron chi connectivity index (χ0n) is 26.4. The molecule has 2 saturated heterocycles. The van der Waals surface area contributed by atoms with E-state index in [1.807, 2.05) is 67.6 Å². The molecule has 2 aliphatic rings. The van der Waals surface area contributed by atoms with Crippen LogP contribution in [0.25, 0.3) is 5.65 Å². The molecule has 2 fully saturated rings. The first-order valence-electron chi connectivity index (χ1n) is 15.1. The van der Waals surface area contributed by atoms with Gasteiger partial charge in [-0.1, -0.05) is 24.3 Å². The Morgan fingerprint density at radius 3 is 1.93 bits per heavy atom. The van der Waals surface area contributed by atoms with E-state index in [1.165, 1.54) is 0 Å². The zero-order chi connectivity index (χ0) is 31.0. The van der Waals surface area contributed by atoms with E-state index in [1.54, 1.807) is 14.2 Å². The molecule has 2 atom stereocenters. The van der Waals surface area contributed by atoms with Gasteiger partial charge in [0.25, 0.3) is 0 Å². The number of aryl methyl sites for hydroxylation is 1. The summed E-state index contributed by atoms with van der Waals surface area (Å²) in [5.41, 5.74) is 3.43. The van der Waals surface area contributed by atoms with Gasteiger partial charge in [0.05, 0.1) is 32.5 Å². The van der Waals surface area contributed by atoms with E-state index in [0.717, 1.165) is 46.7 Å². The minimum absolute atomic E-state index is 0.0487. The minimum Gasteiger partial charge on any atom is -0.497 e. The van der Waals surface area contributed by atoms with Crippen molar-refractivity contribution in [2.75, 3.05) is 37.1 Å². The van der Waals surface area contributed by atoms with Crippen molar-refractivity contribution in [1.29, 1.82) is 0 Å². The van der Waals surface area contributed by atoms with E-state index >= 15 is 0 Å². The quantitative estimate of drug-likeness (QED) is 0.269. The number of hydrogen-bond donors (Lipinski definition) is 0. The molecule has 2 aromatic heterocycles. The number of methoxy groups -OCH3 is 2. The predicted octanol–water partition coefficient (Wildman–Crippen LogP) is 5.24. The van der Waals surface area contributed by atoms with Gasteiger partial charge in [-0.15, -0.1) is 0 Å². The third-order valence-corrected chi connectivity index (χ3v) is 8.23. The number of hydrogen-bond acceptors (Lipinski definition) is 9. The topological polar surface area (TPSA) is 97.6 Å². The second-order valence-electron chi connectivity index (χ2n) is 12.6. The highest BCUT2D eigenvalue weighted by Crippen LogP contribution is 2.34. The monoisotopic (exact) mass is 599 g/mol. The Bertz CT molecular complexity index is 1550. The average Bonchev–Trinajstić information content (AvgIpc) is 3.51. The summed E-state index contributed by atoms with van der Waals surface area (Å²) in [4.78, 5) is 29.7. The fraction of sp³-hybridized carbons (Fsp3) is 0.455. The van der Waals surface area contributed by atoms with Crippen molar-refractivity contribution in [3.63, 3.8) is 0 Å². The molecular formula is C33H41N7O4. The lowest BCUT2D eigenvalue weighted by molar-refractivity contribution is 0.0122. The second kappa shape index (κ2) is 11.9. The fourth-order valence-electron chi connectivity index (χ4n) is 6.09. The molecule has 0 saturated carbocycles. The van der Waals surface area contributed by atoms with Gasteiger partial charge in [-0.3, -0.25) is 4.90 Å². The largest absolute Gasteiger partial charge is 0.497 e. The zero-order valence-corrected chi connectivity index (χ0v) is 26.4. The van der Waals surface area contributed by atoms with Gasteiger partial charge in [0.2, 0.25) is 11.9 Å². The van der Waals surface area contributed by atoms with E-state index in [4.69, 9.17) is 29.3 Å². The third-order valence-electron chi connectivity index (χ3n) is 8.23. The Balaban J connectivity index is 1.35. The number of carbonyl (C=O) groups excluding carboxylic acids is 1. The Kier molecular flexibility index (Phi) is 7.96. The van der Waals surface area contributed by atoms with Gasteiger partial charge in [-0.25, -0.2) is 4.79 Å². The Morgan fingerprint density at radius 2 is 1.43 bits per heavy atom. The molecule has 11 heteroatoms. The normalized spacial score (nSPS) is 18.0. The molecule has 4 aromatic rings. The minimum atomic E-state index is -0.534.